The Kier molecular flexibility index (Phi) is 7.67. The van der Waals surface area contributed by atoms with Crippen LogP contribution in [0, 0.1) is 11.3 Å². The van der Waals surface area contributed by atoms with Crippen molar-refractivity contribution in [2.75, 3.05) is 11.9 Å². The molecule has 0 saturated heterocycles. The zero-order chi connectivity index (χ0) is 25.7. The molecular formula is C28H26ClN5O2. The second kappa shape index (κ2) is 11.1. The van der Waals surface area contributed by atoms with Crippen molar-refractivity contribution in [3.8, 4) is 17.3 Å². The SMILES string of the molecule is C=CCCC1CN(Cc2ccc(C#N)cc2)C(=O)c2cc(-c3ccc(Cl)cc3NC(=O)CC=C)nn21. The first-order valence-electron chi connectivity index (χ1n) is 11.6. The zero-order valence-electron chi connectivity index (χ0n) is 19.8. The number of carbonyl (C=O) groups excluding carboxylic acids is 2. The normalized spacial score (nSPS) is 14.6. The Hall–Kier alpha value is -4.15. The van der Waals surface area contributed by atoms with Crippen molar-refractivity contribution in [1.29, 1.82) is 5.26 Å². The van der Waals surface area contributed by atoms with Crippen molar-refractivity contribution in [2.45, 2.75) is 31.8 Å². The highest BCUT2D eigenvalue weighted by atomic mass is 35.5. The maximum atomic E-state index is 13.5. The highest BCUT2D eigenvalue weighted by Gasteiger charge is 2.33. The summed E-state index contributed by atoms with van der Waals surface area (Å²) in [6.07, 6.45) is 5.11. The molecule has 0 bridgehead atoms. The molecule has 2 heterocycles. The fourth-order valence-electron chi connectivity index (χ4n) is 4.28. The number of nitriles is 1. The fourth-order valence-corrected chi connectivity index (χ4v) is 4.45. The number of nitrogens with zero attached hydrogens (tertiary/aromatic N) is 4. The molecule has 0 radical (unpaired) electrons. The number of carbonyl (C=O) groups is 2. The van der Waals surface area contributed by atoms with Gasteiger partial charge in [0.1, 0.15) is 5.69 Å². The summed E-state index contributed by atoms with van der Waals surface area (Å²) in [5.41, 5.74) is 3.78. The van der Waals surface area contributed by atoms with Crippen LogP contribution in [-0.2, 0) is 11.3 Å². The fraction of sp³-hybridized carbons (Fsp3) is 0.214. The van der Waals surface area contributed by atoms with Crippen LogP contribution in [0.3, 0.4) is 0 Å². The Morgan fingerprint density at radius 3 is 2.67 bits per heavy atom. The number of rotatable bonds is 9. The molecule has 182 valence electrons. The van der Waals surface area contributed by atoms with Gasteiger partial charge in [-0.1, -0.05) is 35.9 Å². The van der Waals surface area contributed by atoms with Gasteiger partial charge >= 0.3 is 0 Å². The summed E-state index contributed by atoms with van der Waals surface area (Å²) in [6.45, 7) is 8.38. The van der Waals surface area contributed by atoms with Crippen LogP contribution in [0.2, 0.25) is 5.02 Å². The molecule has 3 aromatic rings. The van der Waals surface area contributed by atoms with Gasteiger partial charge in [-0.15, -0.1) is 13.2 Å². The number of fused-ring (bicyclic) bond motifs is 1. The quantitative estimate of drug-likeness (QED) is 0.379. The molecule has 1 unspecified atom stereocenters. The molecule has 1 N–H and O–H groups in total. The third-order valence-corrected chi connectivity index (χ3v) is 6.28. The number of amides is 2. The number of aromatic nitrogens is 2. The Balaban J connectivity index is 1.69. The lowest BCUT2D eigenvalue weighted by Gasteiger charge is -2.33. The van der Waals surface area contributed by atoms with Gasteiger partial charge in [-0.2, -0.15) is 10.4 Å². The van der Waals surface area contributed by atoms with Crippen LogP contribution in [0.4, 0.5) is 5.69 Å². The Morgan fingerprint density at radius 1 is 1.19 bits per heavy atom. The lowest BCUT2D eigenvalue weighted by molar-refractivity contribution is -0.115. The topological polar surface area (TPSA) is 91.0 Å². The van der Waals surface area contributed by atoms with E-state index in [-0.39, 0.29) is 24.3 Å². The van der Waals surface area contributed by atoms with Crippen LogP contribution < -0.4 is 5.32 Å². The monoisotopic (exact) mass is 499 g/mol. The van der Waals surface area contributed by atoms with Gasteiger partial charge in [0.2, 0.25) is 5.91 Å². The van der Waals surface area contributed by atoms with E-state index >= 15 is 0 Å². The van der Waals surface area contributed by atoms with Crippen LogP contribution in [0.1, 0.15) is 46.9 Å². The second-order valence-electron chi connectivity index (χ2n) is 8.60. The van der Waals surface area contributed by atoms with E-state index in [4.69, 9.17) is 22.0 Å². The molecule has 7 nitrogen and oxygen atoms in total. The van der Waals surface area contributed by atoms with E-state index in [0.717, 1.165) is 18.4 Å². The van der Waals surface area contributed by atoms with Gasteiger partial charge in [-0.25, -0.2) is 0 Å². The molecule has 0 spiro atoms. The molecule has 2 amide bonds. The average molecular weight is 500 g/mol. The molecule has 4 rings (SSSR count). The summed E-state index contributed by atoms with van der Waals surface area (Å²) in [6, 6.07) is 16.3. The average Bonchev–Trinajstić information content (AvgIpc) is 3.31. The minimum atomic E-state index is -0.217. The van der Waals surface area contributed by atoms with E-state index in [9.17, 15) is 9.59 Å². The van der Waals surface area contributed by atoms with Crippen molar-refractivity contribution >= 4 is 29.1 Å². The molecule has 0 saturated carbocycles. The number of allylic oxidation sites excluding steroid dienone is 1. The van der Waals surface area contributed by atoms with E-state index < -0.39 is 0 Å². The van der Waals surface area contributed by atoms with Gasteiger partial charge in [0.05, 0.1) is 29.1 Å². The minimum Gasteiger partial charge on any atom is -0.331 e. The first kappa shape index (κ1) is 25.0. The predicted octanol–water partition coefficient (Wildman–Crippen LogP) is 5.75. The summed E-state index contributed by atoms with van der Waals surface area (Å²) in [4.78, 5) is 27.6. The van der Waals surface area contributed by atoms with Crippen molar-refractivity contribution in [2.24, 2.45) is 0 Å². The lowest BCUT2D eigenvalue weighted by atomic mass is 10.1. The van der Waals surface area contributed by atoms with Crippen molar-refractivity contribution in [1.82, 2.24) is 14.7 Å². The summed E-state index contributed by atoms with van der Waals surface area (Å²) < 4.78 is 1.79. The van der Waals surface area contributed by atoms with Crippen molar-refractivity contribution in [3.63, 3.8) is 0 Å². The van der Waals surface area contributed by atoms with E-state index in [1.165, 1.54) is 6.08 Å². The number of hydrogen-bond acceptors (Lipinski definition) is 4. The first-order chi connectivity index (χ1) is 17.4. The number of nitrogens with one attached hydrogen (secondary N) is 1. The Labute approximate surface area is 215 Å². The molecule has 1 aliphatic rings. The maximum absolute atomic E-state index is 13.5. The van der Waals surface area contributed by atoms with Crippen LogP contribution in [0.15, 0.2) is 73.8 Å². The molecule has 8 heteroatoms. The van der Waals surface area contributed by atoms with Crippen LogP contribution in [0.25, 0.3) is 11.3 Å². The zero-order valence-corrected chi connectivity index (χ0v) is 20.5. The number of benzene rings is 2. The lowest BCUT2D eigenvalue weighted by Crippen LogP contribution is -2.42. The summed E-state index contributed by atoms with van der Waals surface area (Å²) in [5.74, 6) is -0.342. The molecule has 1 atom stereocenters. The number of halogens is 1. The molecule has 0 aliphatic carbocycles. The highest BCUT2D eigenvalue weighted by molar-refractivity contribution is 6.31. The van der Waals surface area contributed by atoms with Crippen LogP contribution in [-0.4, -0.2) is 33.0 Å². The highest BCUT2D eigenvalue weighted by Crippen LogP contribution is 2.34. The molecule has 1 aromatic heterocycles. The third kappa shape index (κ3) is 5.40. The molecule has 2 aromatic carbocycles. The minimum absolute atomic E-state index is 0.0334. The standard InChI is InChI=1S/C28H26ClN5O2/c1-3-5-7-22-18-33(17-20-10-8-19(16-30)9-11-20)28(36)26-15-25(32-34(22)26)23-13-12-21(29)14-24(23)31-27(35)6-4-2/h3-4,8-15,22H,1-2,5-7,17-18H2,(H,31,35). The molecule has 36 heavy (non-hydrogen) atoms. The van der Waals surface area contributed by atoms with E-state index in [1.807, 2.05) is 23.1 Å². The first-order valence-corrected chi connectivity index (χ1v) is 12.0. The van der Waals surface area contributed by atoms with Crippen molar-refractivity contribution < 1.29 is 9.59 Å². The van der Waals surface area contributed by atoms with Gasteiger partial charge < -0.3 is 10.2 Å². The van der Waals surface area contributed by atoms with Gasteiger partial charge in [-0.05, 0) is 54.8 Å². The molecule has 0 fully saturated rings. The van der Waals surface area contributed by atoms with E-state index in [0.29, 0.717) is 46.3 Å². The van der Waals surface area contributed by atoms with Gasteiger partial charge in [0, 0.05) is 30.1 Å². The van der Waals surface area contributed by atoms with Gasteiger partial charge in [0.25, 0.3) is 5.91 Å². The third-order valence-electron chi connectivity index (χ3n) is 6.04. The molecule has 1 aliphatic heterocycles. The summed E-state index contributed by atoms with van der Waals surface area (Å²) in [5, 5.41) is 17.2. The summed E-state index contributed by atoms with van der Waals surface area (Å²) in [7, 11) is 0. The number of anilines is 1. The second-order valence-corrected chi connectivity index (χ2v) is 9.04. The Morgan fingerprint density at radius 2 is 1.97 bits per heavy atom. The smallest absolute Gasteiger partial charge is 0.272 e. The predicted molar refractivity (Wildman–Crippen MR) is 140 cm³/mol. The van der Waals surface area contributed by atoms with Crippen LogP contribution in [0.5, 0.6) is 0 Å². The number of hydrogen-bond donors (Lipinski definition) is 1. The molecular weight excluding hydrogens is 474 g/mol. The Bertz CT molecular complexity index is 1350. The van der Waals surface area contributed by atoms with E-state index in [1.54, 1.807) is 41.1 Å². The van der Waals surface area contributed by atoms with Crippen molar-refractivity contribution in [3.05, 3.63) is 95.7 Å². The van der Waals surface area contributed by atoms with Gasteiger partial charge in [0.15, 0.2) is 0 Å². The largest absolute Gasteiger partial charge is 0.331 e. The van der Waals surface area contributed by atoms with Gasteiger partial charge in [-0.3, -0.25) is 14.3 Å². The maximum Gasteiger partial charge on any atom is 0.272 e. The summed E-state index contributed by atoms with van der Waals surface area (Å²) >= 11 is 6.20. The van der Waals surface area contributed by atoms with E-state index in [2.05, 4.69) is 24.5 Å². The van der Waals surface area contributed by atoms with Crippen LogP contribution >= 0.6 is 11.6 Å².